The van der Waals surface area contributed by atoms with E-state index >= 15 is 0 Å². The molecule has 1 amide bonds. The van der Waals surface area contributed by atoms with E-state index in [0.29, 0.717) is 18.9 Å². The number of carbonyl (C=O) groups is 1. The number of hydrogen-bond donors (Lipinski definition) is 1. The summed E-state index contributed by atoms with van der Waals surface area (Å²) in [5, 5.41) is 9.62. The first-order valence-electron chi connectivity index (χ1n) is 8.11. The van der Waals surface area contributed by atoms with Gasteiger partial charge in [0.1, 0.15) is 0 Å². The van der Waals surface area contributed by atoms with Gasteiger partial charge in [-0.2, -0.15) is 0 Å². The Morgan fingerprint density at radius 1 is 1.32 bits per heavy atom. The van der Waals surface area contributed by atoms with Crippen molar-refractivity contribution in [1.82, 2.24) is 14.8 Å². The third-order valence-corrected chi connectivity index (χ3v) is 4.14. The second-order valence-electron chi connectivity index (χ2n) is 6.44. The maximum atomic E-state index is 12.4. The number of nitrogens with zero attached hydrogens (tertiary/aromatic N) is 3. The number of rotatable bonds is 6. The second-order valence-corrected chi connectivity index (χ2v) is 6.44. The molecule has 2 heterocycles. The molecular formula is C17H27N3O2. The van der Waals surface area contributed by atoms with Gasteiger partial charge < -0.3 is 10.0 Å². The van der Waals surface area contributed by atoms with E-state index in [4.69, 9.17) is 0 Å². The first-order chi connectivity index (χ1) is 10.6. The number of hydrogen-bond acceptors (Lipinski definition) is 4. The van der Waals surface area contributed by atoms with Crippen molar-refractivity contribution < 1.29 is 9.90 Å². The molecule has 0 aromatic carbocycles. The fourth-order valence-corrected chi connectivity index (χ4v) is 3.02. The van der Waals surface area contributed by atoms with Crippen LogP contribution in [-0.2, 0) is 11.3 Å². The first kappa shape index (κ1) is 16.9. The van der Waals surface area contributed by atoms with Gasteiger partial charge in [-0.1, -0.05) is 19.9 Å². The standard InChI is InChI=1S/C17H27N3O2/c1-14(2)10-16(13-21)20-9-8-19(7-5-17(20)22)12-15-4-3-6-18-11-15/h3-4,6,11,14,16,21H,5,7-10,12-13H2,1-2H3/t16-/m0/s1. The van der Waals surface area contributed by atoms with Crippen molar-refractivity contribution >= 4 is 5.91 Å². The largest absolute Gasteiger partial charge is 0.394 e. The Hall–Kier alpha value is -1.46. The fraction of sp³-hybridized carbons (Fsp3) is 0.647. The van der Waals surface area contributed by atoms with Crippen LogP contribution in [0.15, 0.2) is 24.5 Å². The molecule has 0 aliphatic carbocycles. The zero-order valence-electron chi connectivity index (χ0n) is 13.6. The van der Waals surface area contributed by atoms with E-state index in [1.807, 2.05) is 17.2 Å². The van der Waals surface area contributed by atoms with Gasteiger partial charge in [-0.25, -0.2) is 0 Å². The van der Waals surface area contributed by atoms with E-state index in [1.165, 1.54) is 5.56 Å². The molecule has 5 heteroatoms. The number of aliphatic hydroxyl groups excluding tert-OH is 1. The lowest BCUT2D eigenvalue weighted by Crippen LogP contribution is -2.44. The molecule has 0 saturated carbocycles. The summed E-state index contributed by atoms with van der Waals surface area (Å²) in [5.41, 5.74) is 1.17. The topological polar surface area (TPSA) is 56.7 Å². The van der Waals surface area contributed by atoms with Gasteiger partial charge in [-0.3, -0.25) is 14.7 Å². The predicted molar refractivity (Wildman–Crippen MR) is 86.2 cm³/mol. The molecule has 0 radical (unpaired) electrons. The van der Waals surface area contributed by atoms with E-state index < -0.39 is 0 Å². The Morgan fingerprint density at radius 2 is 2.14 bits per heavy atom. The van der Waals surface area contributed by atoms with E-state index in [1.54, 1.807) is 6.20 Å². The highest BCUT2D eigenvalue weighted by Gasteiger charge is 2.27. The first-order valence-corrected chi connectivity index (χ1v) is 8.11. The van der Waals surface area contributed by atoms with Crippen molar-refractivity contribution in [2.45, 2.75) is 39.3 Å². The molecule has 0 spiro atoms. The summed E-state index contributed by atoms with van der Waals surface area (Å²) in [5.74, 6) is 0.632. The molecule has 1 fully saturated rings. The minimum Gasteiger partial charge on any atom is -0.394 e. The minimum absolute atomic E-state index is 0.0481. The van der Waals surface area contributed by atoms with Crippen LogP contribution in [0.3, 0.4) is 0 Å². The fourth-order valence-electron chi connectivity index (χ4n) is 3.02. The number of aromatic nitrogens is 1. The lowest BCUT2D eigenvalue weighted by molar-refractivity contribution is -0.133. The Labute approximate surface area is 132 Å². The Morgan fingerprint density at radius 3 is 2.77 bits per heavy atom. The van der Waals surface area contributed by atoms with Crippen LogP contribution < -0.4 is 0 Å². The molecule has 122 valence electrons. The van der Waals surface area contributed by atoms with E-state index in [9.17, 15) is 9.90 Å². The van der Waals surface area contributed by atoms with Crippen molar-refractivity contribution in [3.8, 4) is 0 Å². The zero-order chi connectivity index (χ0) is 15.9. The molecule has 1 aromatic heterocycles. The summed E-state index contributed by atoms with van der Waals surface area (Å²) < 4.78 is 0. The van der Waals surface area contributed by atoms with Crippen LogP contribution in [0.25, 0.3) is 0 Å². The predicted octanol–water partition coefficient (Wildman–Crippen LogP) is 1.52. The van der Waals surface area contributed by atoms with Gasteiger partial charge in [-0.05, 0) is 24.0 Å². The van der Waals surface area contributed by atoms with Crippen LogP contribution in [0.2, 0.25) is 0 Å². The normalized spacial score (nSPS) is 18.5. The maximum Gasteiger partial charge on any atom is 0.224 e. The lowest BCUT2D eigenvalue weighted by Gasteiger charge is -2.31. The van der Waals surface area contributed by atoms with E-state index in [-0.39, 0.29) is 18.6 Å². The molecule has 5 nitrogen and oxygen atoms in total. The summed E-state index contributed by atoms with van der Waals surface area (Å²) in [6, 6.07) is 3.95. The van der Waals surface area contributed by atoms with Crippen molar-refractivity contribution in [3.05, 3.63) is 30.1 Å². The van der Waals surface area contributed by atoms with Crippen LogP contribution >= 0.6 is 0 Å². The van der Waals surface area contributed by atoms with E-state index in [0.717, 1.165) is 26.1 Å². The average Bonchev–Trinajstić information content (AvgIpc) is 2.68. The minimum atomic E-state index is -0.0501. The molecule has 2 rings (SSSR count). The highest BCUT2D eigenvalue weighted by Crippen LogP contribution is 2.16. The highest BCUT2D eigenvalue weighted by atomic mass is 16.3. The smallest absolute Gasteiger partial charge is 0.224 e. The number of amides is 1. The zero-order valence-corrected chi connectivity index (χ0v) is 13.6. The number of carbonyl (C=O) groups excluding carboxylic acids is 1. The summed E-state index contributed by atoms with van der Waals surface area (Å²) in [4.78, 5) is 20.7. The van der Waals surface area contributed by atoms with Crippen LogP contribution in [0.1, 0.15) is 32.3 Å². The third kappa shape index (κ3) is 4.78. The summed E-state index contributed by atoms with van der Waals surface area (Å²) in [7, 11) is 0. The number of pyridine rings is 1. The van der Waals surface area contributed by atoms with Crippen LogP contribution in [0.4, 0.5) is 0 Å². The Bertz CT molecular complexity index is 464. The summed E-state index contributed by atoms with van der Waals surface area (Å²) >= 11 is 0. The summed E-state index contributed by atoms with van der Waals surface area (Å²) in [6.45, 7) is 7.42. The van der Waals surface area contributed by atoms with E-state index in [2.05, 4.69) is 29.8 Å². The highest BCUT2D eigenvalue weighted by molar-refractivity contribution is 5.77. The third-order valence-electron chi connectivity index (χ3n) is 4.14. The van der Waals surface area contributed by atoms with Crippen molar-refractivity contribution in [3.63, 3.8) is 0 Å². The van der Waals surface area contributed by atoms with Gasteiger partial charge in [0, 0.05) is 45.0 Å². The number of aliphatic hydroxyl groups is 1. The monoisotopic (exact) mass is 305 g/mol. The van der Waals surface area contributed by atoms with Crippen LogP contribution in [0, 0.1) is 5.92 Å². The lowest BCUT2D eigenvalue weighted by atomic mass is 10.0. The molecule has 1 aromatic rings. The van der Waals surface area contributed by atoms with Gasteiger partial charge in [0.15, 0.2) is 0 Å². The summed E-state index contributed by atoms with van der Waals surface area (Å²) in [6.07, 6.45) is 5.02. The SMILES string of the molecule is CC(C)C[C@@H](CO)N1CCN(Cc2cccnc2)CCC1=O. The molecule has 1 N–H and O–H groups in total. The molecule has 22 heavy (non-hydrogen) atoms. The molecule has 1 saturated heterocycles. The van der Waals surface area contributed by atoms with Gasteiger partial charge in [0.05, 0.1) is 12.6 Å². The second kappa shape index (κ2) is 8.25. The van der Waals surface area contributed by atoms with Gasteiger partial charge in [-0.15, -0.1) is 0 Å². The van der Waals surface area contributed by atoms with Gasteiger partial charge >= 0.3 is 0 Å². The average molecular weight is 305 g/mol. The Balaban J connectivity index is 1.96. The van der Waals surface area contributed by atoms with Crippen LogP contribution in [-0.4, -0.2) is 58.1 Å². The molecule has 1 aliphatic heterocycles. The quantitative estimate of drug-likeness (QED) is 0.866. The molecule has 0 bridgehead atoms. The molecule has 1 aliphatic rings. The molecule has 0 unspecified atom stereocenters. The van der Waals surface area contributed by atoms with Gasteiger partial charge in [0.2, 0.25) is 5.91 Å². The maximum absolute atomic E-state index is 12.4. The van der Waals surface area contributed by atoms with Crippen molar-refractivity contribution in [2.75, 3.05) is 26.2 Å². The van der Waals surface area contributed by atoms with Gasteiger partial charge in [0.25, 0.3) is 0 Å². The van der Waals surface area contributed by atoms with Crippen molar-refractivity contribution in [2.24, 2.45) is 5.92 Å². The Kier molecular flexibility index (Phi) is 6.34. The molecule has 1 atom stereocenters. The van der Waals surface area contributed by atoms with Crippen molar-refractivity contribution in [1.29, 1.82) is 0 Å². The van der Waals surface area contributed by atoms with Crippen LogP contribution in [0.5, 0.6) is 0 Å². The molecular weight excluding hydrogens is 278 g/mol.